The summed E-state index contributed by atoms with van der Waals surface area (Å²) < 4.78 is 21.1. The fourth-order valence-electron chi connectivity index (χ4n) is 5.32. The number of rotatable bonds is 11. The summed E-state index contributed by atoms with van der Waals surface area (Å²) in [6.45, 7) is 2.73. The molecular weight excluding hydrogens is 443 g/mol. The second-order valence-electron chi connectivity index (χ2n) is 9.83. The van der Waals surface area contributed by atoms with Gasteiger partial charge in [0.1, 0.15) is 11.9 Å². The predicted octanol–water partition coefficient (Wildman–Crippen LogP) is 5.23. The molecule has 1 fully saturated rings. The van der Waals surface area contributed by atoms with Crippen molar-refractivity contribution in [3.05, 3.63) is 71.4 Å². The maximum Gasteiger partial charge on any atom is 0.126 e. The van der Waals surface area contributed by atoms with Crippen LogP contribution >= 0.6 is 0 Å². The highest BCUT2D eigenvalue weighted by atomic mass is 19.1. The van der Waals surface area contributed by atoms with Crippen LogP contribution in [0.2, 0.25) is 0 Å². The van der Waals surface area contributed by atoms with Crippen molar-refractivity contribution in [2.75, 3.05) is 33.4 Å². The lowest BCUT2D eigenvalue weighted by Gasteiger charge is -2.41. The molecule has 1 atom stereocenters. The van der Waals surface area contributed by atoms with Crippen molar-refractivity contribution >= 4 is 10.9 Å². The molecule has 0 amide bonds. The summed E-state index contributed by atoms with van der Waals surface area (Å²) in [7, 11) is 1.58. The second kappa shape index (κ2) is 11.9. The fraction of sp³-hybridized carbons (Fsp3) is 0.483. The van der Waals surface area contributed by atoms with Gasteiger partial charge in [0.05, 0.1) is 19.2 Å². The third kappa shape index (κ3) is 6.18. The van der Waals surface area contributed by atoms with Crippen LogP contribution in [0.3, 0.4) is 0 Å². The molecule has 0 unspecified atom stereocenters. The highest BCUT2D eigenvalue weighted by Gasteiger charge is 2.35. The van der Waals surface area contributed by atoms with Crippen LogP contribution in [0.4, 0.5) is 4.39 Å². The van der Waals surface area contributed by atoms with E-state index < -0.39 is 6.17 Å². The van der Waals surface area contributed by atoms with E-state index in [1.54, 1.807) is 25.4 Å². The van der Waals surface area contributed by atoms with E-state index in [0.717, 1.165) is 45.3 Å². The number of hydrogen-bond donors (Lipinski definition) is 2. The predicted molar refractivity (Wildman–Crippen MR) is 137 cm³/mol. The normalized spacial score (nSPS) is 16.9. The third-order valence-electron chi connectivity index (χ3n) is 7.65. The quantitative estimate of drug-likeness (QED) is 0.393. The Hall–Kier alpha value is -2.54. The molecule has 2 heterocycles. The number of benzene rings is 2. The van der Waals surface area contributed by atoms with E-state index in [-0.39, 0.29) is 18.6 Å². The number of hydrogen-bond acceptors (Lipinski definition) is 5. The summed E-state index contributed by atoms with van der Waals surface area (Å²) in [6.07, 6.45) is 5.17. The Morgan fingerprint density at radius 3 is 2.57 bits per heavy atom. The summed E-state index contributed by atoms with van der Waals surface area (Å²) in [6, 6.07) is 16.0. The van der Waals surface area contributed by atoms with E-state index in [0.29, 0.717) is 40.6 Å². The Morgan fingerprint density at radius 1 is 1.11 bits per heavy atom. The Labute approximate surface area is 207 Å². The number of fused-ring (bicyclic) bond motifs is 1. The first-order valence-electron chi connectivity index (χ1n) is 12.6. The number of halogens is 1. The van der Waals surface area contributed by atoms with E-state index in [9.17, 15) is 10.2 Å². The molecule has 0 bridgehead atoms. The molecule has 0 spiro atoms. The number of aliphatic hydroxyl groups is 2. The van der Waals surface area contributed by atoms with E-state index >= 15 is 4.39 Å². The summed E-state index contributed by atoms with van der Waals surface area (Å²) >= 11 is 0. The monoisotopic (exact) mass is 480 g/mol. The molecule has 0 saturated carbocycles. The first-order valence-corrected chi connectivity index (χ1v) is 12.6. The highest BCUT2D eigenvalue weighted by molar-refractivity contribution is 5.85. The molecule has 0 aliphatic carbocycles. The van der Waals surface area contributed by atoms with Gasteiger partial charge in [0.2, 0.25) is 0 Å². The van der Waals surface area contributed by atoms with Gasteiger partial charge >= 0.3 is 0 Å². The number of methoxy groups -OCH3 is 1. The van der Waals surface area contributed by atoms with Crippen LogP contribution in [0.15, 0.2) is 54.7 Å². The largest absolute Gasteiger partial charge is 0.497 e. The molecule has 1 aromatic heterocycles. The molecule has 2 aromatic carbocycles. The molecule has 5 nitrogen and oxygen atoms in total. The first-order chi connectivity index (χ1) is 17.1. The number of aliphatic hydroxyl groups excluding tert-OH is 2. The Balaban J connectivity index is 1.36. The lowest BCUT2D eigenvalue weighted by molar-refractivity contribution is 0.0299. The minimum Gasteiger partial charge on any atom is -0.497 e. The number of pyridine rings is 1. The molecule has 1 aliphatic heterocycles. The van der Waals surface area contributed by atoms with E-state index in [4.69, 9.17) is 4.74 Å². The Bertz CT molecular complexity index is 1080. The number of nitrogens with zero attached hydrogens (tertiary/aromatic N) is 2. The Kier molecular flexibility index (Phi) is 8.71. The number of piperidine rings is 1. The zero-order valence-corrected chi connectivity index (χ0v) is 20.6. The number of alkyl halides is 1. The van der Waals surface area contributed by atoms with Crippen molar-refractivity contribution in [3.8, 4) is 5.75 Å². The van der Waals surface area contributed by atoms with Crippen molar-refractivity contribution in [1.29, 1.82) is 0 Å². The van der Waals surface area contributed by atoms with Crippen molar-refractivity contribution in [2.45, 2.75) is 51.3 Å². The fourth-order valence-corrected chi connectivity index (χ4v) is 5.32. The van der Waals surface area contributed by atoms with Gasteiger partial charge in [-0.25, -0.2) is 4.39 Å². The lowest BCUT2D eigenvalue weighted by atomic mass is 9.74. The van der Waals surface area contributed by atoms with Crippen LogP contribution in [-0.2, 0) is 13.0 Å². The van der Waals surface area contributed by atoms with Gasteiger partial charge in [-0.05, 0) is 87.3 Å². The Morgan fingerprint density at radius 2 is 1.89 bits per heavy atom. The van der Waals surface area contributed by atoms with Gasteiger partial charge in [-0.1, -0.05) is 30.3 Å². The van der Waals surface area contributed by atoms with E-state index in [1.165, 1.54) is 5.56 Å². The van der Waals surface area contributed by atoms with Crippen LogP contribution in [0.5, 0.6) is 5.75 Å². The van der Waals surface area contributed by atoms with Crippen molar-refractivity contribution < 1.29 is 19.3 Å². The van der Waals surface area contributed by atoms with Crippen LogP contribution in [-0.4, -0.2) is 53.4 Å². The topological polar surface area (TPSA) is 65.8 Å². The zero-order valence-electron chi connectivity index (χ0n) is 20.6. The van der Waals surface area contributed by atoms with Crippen molar-refractivity contribution in [3.63, 3.8) is 0 Å². The summed E-state index contributed by atoms with van der Waals surface area (Å²) in [5, 5.41) is 20.8. The molecule has 188 valence electrons. The number of ether oxygens (including phenoxy) is 1. The molecule has 1 saturated heterocycles. The molecule has 6 heteroatoms. The molecule has 2 N–H and O–H groups in total. The molecule has 35 heavy (non-hydrogen) atoms. The van der Waals surface area contributed by atoms with Crippen LogP contribution < -0.4 is 4.74 Å². The minimum absolute atomic E-state index is 0.0787. The number of likely N-dealkylation sites (tertiary alicyclic amines) is 1. The summed E-state index contributed by atoms with van der Waals surface area (Å²) in [5.41, 5.74) is 2.79. The zero-order chi connectivity index (χ0) is 24.7. The van der Waals surface area contributed by atoms with Crippen LogP contribution in [0, 0.1) is 5.41 Å². The first kappa shape index (κ1) is 25.5. The smallest absolute Gasteiger partial charge is 0.126 e. The number of aryl methyl sites for hydroxylation is 1. The van der Waals surface area contributed by atoms with Gasteiger partial charge < -0.3 is 19.8 Å². The molecule has 4 rings (SSSR count). The van der Waals surface area contributed by atoms with Crippen molar-refractivity contribution in [1.82, 2.24) is 9.88 Å². The molecule has 1 aliphatic rings. The van der Waals surface area contributed by atoms with Gasteiger partial charge in [0, 0.05) is 29.3 Å². The van der Waals surface area contributed by atoms with Gasteiger partial charge in [-0.15, -0.1) is 0 Å². The maximum atomic E-state index is 15.7. The highest BCUT2D eigenvalue weighted by Crippen LogP contribution is 2.41. The summed E-state index contributed by atoms with van der Waals surface area (Å²) in [4.78, 5) is 6.84. The second-order valence-corrected chi connectivity index (χ2v) is 9.83. The summed E-state index contributed by atoms with van der Waals surface area (Å²) in [5.74, 6) is 0.634. The van der Waals surface area contributed by atoms with Crippen LogP contribution in [0.25, 0.3) is 10.9 Å². The molecule has 3 aromatic rings. The standard InChI is InChI=1S/C29H37FN2O3/c1-35-24-9-10-27-25(18-24)28(23(20-33)19-31-27)26(30)11-12-29(21-34)13-16-32(17-14-29)15-5-8-22-6-3-2-4-7-22/h2-4,6-7,9-10,18-19,26,33-34H,5,8,11-17,20-21H2,1H3/t26-/m0/s1. The maximum absolute atomic E-state index is 15.7. The van der Waals surface area contributed by atoms with Gasteiger partial charge in [-0.3, -0.25) is 4.98 Å². The van der Waals surface area contributed by atoms with E-state index in [1.807, 2.05) is 12.1 Å². The third-order valence-corrected chi connectivity index (χ3v) is 7.65. The number of aromatic nitrogens is 1. The SMILES string of the molecule is COc1ccc2ncc(CO)c([C@@H](F)CCC3(CO)CCN(CCCc4ccccc4)CC3)c2c1. The molecular formula is C29H37FN2O3. The lowest BCUT2D eigenvalue weighted by Crippen LogP contribution is -2.42. The van der Waals surface area contributed by atoms with E-state index in [2.05, 4.69) is 34.1 Å². The minimum atomic E-state index is -1.25. The van der Waals surface area contributed by atoms with Gasteiger partial charge in [0.25, 0.3) is 0 Å². The van der Waals surface area contributed by atoms with Crippen molar-refractivity contribution in [2.24, 2.45) is 5.41 Å². The average Bonchev–Trinajstić information content (AvgIpc) is 2.92. The van der Waals surface area contributed by atoms with Crippen LogP contribution in [0.1, 0.15) is 55.0 Å². The molecule has 0 radical (unpaired) electrons. The van der Waals surface area contributed by atoms with Gasteiger partial charge in [0.15, 0.2) is 0 Å². The average molecular weight is 481 g/mol. The van der Waals surface area contributed by atoms with Gasteiger partial charge in [-0.2, -0.15) is 0 Å².